The van der Waals surface area contributed by atoms with Crippen molar-refractivity contribution in [2.24, 2.45) is 5.92 Å². The third-order valence-corrected chi connectivity index (χ3v) is 4.83. The molecule has 5 nitrogen and oxygen atoms in total. The standard InChI is InChI=1S/C18H21N3O2/c1-13-9-19-17(14-5-3-2-4-6-14)21(13)16-10-20(11-16)18(22)15-7-8-23-12-15/h2-6,9,15-16H,7-8,10-12H2,1H3. The minimum Gasteiger partial charge on any atom is -0.381 e. The van der Waals surface area contributed by atoms with Crippen molar-refractivity contribution in [3.05, 3.63) is 42.2 Å². The van der Waals surface area contributed by atoms with Gasteiger partial charge < -0.3 is 14.2 Å². The molecule has 5 heteroatoms. The van der Waals surface area contributed by atoms with Gasteiger partial charge in [-0.3, -0.25) is 4.79 Å². The molecule has 2 aliphatic heterocycles. The molecule has 2 aromatic rings. The number of rotatable bonds is 3. The molecule has 0 spiro atoms. The molecule has 1 atom stereocenters. The highest BCUT2D eigenvalue weighted by Gasteiger charge is 2.37. The summed E-state index contributed by atoms with van der Waals surface area (Å²) in [5.41, 5.74) is 2.26. The minimum absolute atomic E-state index is 0.0634. The topological polar surface area (TPSA) is 47.4 Å². The molecular weight excluding hydrogens is 290 g/mol. The van der Waals surface area contributed by atoms with Crippen molar-refractivity contribution in [2.75, 3.05) is 26.3 Å². The van der Waals surface area contributed by atoms with E-state index in [2.05, 4.69) is 28.6 Å². The van der Waals surface area contributed by atoms with E-state index in [1.807, 2.05) is 29.3 Å². The van der Waals surface area contributed by atoms with Gasteiger partial charge in [0.05, 0.1) is 18.6 Å². The van der Waals surface area contributed by atoms with Crippen LogP contribution >= 0.6 is 0 Å². The fraction of sp³-hybridized carbons (Fsp3) is 0.444. The minimum atomic E-state index is 0.0634. The van der Waals surface area contributed by atoms with Crippen molar-refractivity contribution >= 4 is 5.91 Å². The Morgan fingerprint density at radius 3 is 2.74 bits per heavy atom. The zero-order chi connectivity index (χ0) is 15.8. The molecule has 120 valence electrons. The van der Waals surface area contributed by atoms with Crippen molar-refractivity contribution in [1.29, 1.82) is 0 Å². The molecule has 0 aliphatic carbocycles. The maximum Gasteiger partial charge on any atom is 0.228 e. The first-order valence-electron chi connectivity index (χ1n) is 8.20. The van der Waals surface area contributed by atoms with E-state index in [1.54, 1.807) is 0 Å². The van der Waals surface area contributed by atoms with E-state index in [4.69, 9.17) is 4.74 Å². The van der Waals surface area contributed by atoms with E-state index in [1.165, 1.54) is 0 Å². The van der Waals surface area contributed by atoms with Crippen LogP contribution < -0.4 is 0 Å². The zero-order valence-corrected chi connectivity index (χ0v) is 13.3. The molecule has 0 radical (unpaired) electrons. The van der Waals surface area contributed by atoms with Crippen LogP contribution in [0.4, 0.5) is 0 Å². The second kappa shape index (κ2) is 5.81. The number of nitrogens with zero attached hydrogens (tertiary/aromatic N) is 3. The molecule has 0 bridgehead atoms. The van der Waals surface area contributed by atoms with Gasteiger partial charge in [-0.15, -0.1) is 0 Å². The molecule has 2 aliphatic rings. The molecule has 23 heavy (non-hydrogen) atoms. The Morgan fingerprint density at radius 1 is 1.26 bits per heavy atom. The normalized spacial score (nSPS) is 21.4. The van der Waals surface area contributed by atoms with Crippen molar-refractivity contribution in [2.45, 2.75) is 19.4 Å². The molecule has 0 saturated carbocycles. The van der Waals surface area contributed by atoms with Gasteiger partial charge in [-0.2, -0.15) is 0 Å². The third kappa shape index (κ3) is 2.55. The number of imidazole rings is 1. The van der Waals surface area contributed by atoms with Gasteiger partial charge in [0.1, 0.15) is 5.82 Å². The largest absolute Gasteiger partial charge is 0.381 e. The van der Waals surface area contributed by atoms with Crippen molar-refractivity contribution in [3.63, 3.8) is 0 Å². The Morgan fingerprint density at radius 2 is 2.04 bits per heavy atom. The highest BCUT2D eigenvalue weighted by Crippen LogP contribution is 2.31. The molecule has 1 aromatic heterocycles. The molecule has 1 unspecified atom stereocenters. The SMILES string of the molecule is Cc1cnc(-c2ccccc2)n1C1CN(C(=O)C2CCOC2)C1. The van der Waals surface area contributed by atoms with E-state index in [0.717, 1.165) is 36.6 Å². The molecule has 4 rings (SSSR count). The summed E-state index contributed by atoms with van der Waals surface area (Å²) in [4.78, 5) is 18.9. The lowest BCUT2D eigenvalue weighted by Crippen LogP contribution is -2.53. The monoisotopic (exact) mass is 311 g/mol. The van der Waals surface area contributed by atoms with Crippen LogP contribution in [0.15, 0.2) is 36.5 Å². The van der Waals surface area contributed by atoms with Crippen LogP contribution in [0.3, 0.4) is 0 Å². The van der Waals surface area contributed by atoms with Crippen LogP contribution in [0.5, 0.6) is 0 Å². The summed E-state index contributed by atoms with van der Waals surface area (Å²) in [6.07, 6.45) is 2.77. The van der Waals surface area contributed by atoms with E-state index < -0.39 is 0 Å². The number of carbonyl (C=O) groups is 1. The Bertz CT molecular complexity index is 698. The Labute approximate surface area is 135 Å². The Kier molecular flexibility index (Phi) is 3.65. The van der Waals surface area contributed by atoms with Crippen LogP contribution in [-0.2, 0) is 9.53 Å². The Balaban J connectivity index is 1.50. The highest BCUT2D eigenvalue weighted by molar-refractivity contribution is 5.80. The number of likely N-dealkylation sites (tertiary alicyclic amines) is 1. The van der Waals surface area contributed by atoms with Gasteiger partial charge in [0.25, 0.3) is 0 Å². The predicted octanol–water partition coefficient (Wildman–Crippen LogP) is 2.28. The number of aromatic nitrogens is 2. The average Bonchev–Trinajstić information content (AvgIpc) is 3.17. The summed E-state index contributed by atoms with van der Waals surface area (Å²) in [6.45, 7) is 4.92. The van der Waals surface area contributed by atoms with Gasteiger partial charge in [-0.05, 0) is 13.3 Å². The number of benzene rings is 1. The van der Waals surface area contributed by atoms with Gasteiger partial charge in [0.15, 0.2) is 0 Å². The molecule has 2 fully saturated rings. The average molecular weight is 311 g/mol. The van der Waals surface area contributed by atoms with Gasteiger partial charge in [0.2, 0.25) is 5.91 Å². The summed E-state index contributed by atoms with van der Waals surface area (Å²) in [6, 6.07) is 10.5. The maximum absolute atomic E-state index is 12.4. The van der Waals surface area contributed by atoms with E-state index in [0.29, 0.717) is 19.3 Å². The van der Waals surface area contributed by atoms with Crippen molar-refractivity contribution in [1.82, 2.24) is 14.5 Å². The predicted molar refractivity (Wildman–Crippen MR) is 86.9 cm³/mol. The number of hydrogen-bond acceptors (Lipinski definition) is 3. The van der Waals surface area contributed by atoms with E-state index in [9.17, 15) is 4.79 Å². The number of hydrogen-bond donors (Lipinski definition) is 0. The summed E-state index contributed by atoms with van der Waals surface area (Å²) < 4.78 is 7.60. The lowest BCUT2D eigenvalue weighted by molar-refractivity contribution is -0.141. The molecule has 1 amide bonds. The fourth-order valence-electron chi connectivity index (χ4n) is 3.49. The lowest BCUT2D eigenvalue weighted by atomic mass is 10.0. The second-order valence-electron chi connectivity index (χ2n) is 6.42. The van der Waals surface area contributed by atoms with E-state index >= 15 is 0 Å². The van der Waals surface area contributed by atoms with Gasteiger partial charge in [-0.1, -0.05) is 30.3 Å². The van der Waals surface area contributed by atoms with Gasteiger partial charge >= 0.3 is 0 Å². The number of amides is 1. The molecule has 2 saturated heterocycles. The van der Waals surface area contributed by atoms with Crippen LogP contribution in [0.25, 0.3) is 11.4 Å². The van der Waals surface area contributed by atoms with Gasteiger partial charge in [-0.25, -0.2) is 4.98 Å². The summed E-state index contributed by atoms with van der Waals surface area (Å²) >= 11 is 0. The van der Waals surface area contributed by atoms with Crippen LogP contribution in [0.1, 0.15) is 18.2 Å². The van der Waals surface area contributed by atoms with Crippen LogP contribution in [0.2, 0.25) is 0 Å². The molecule has 0 N–H and O–H groups in total. The number of ether oxygens (including phenoxy) is 1. The second-order valence-corrected chi connectivity index (χ2v) is 6.42. The molecule has 1 aromatic carbocycles. The first-order chi connectivity index (χ1) is 11.2. The summed E-state index contributed by atoms with van der Waals surface area (Å²) in [5.74, 6) is 1.30. The number of carbonyl (C=O) groups excluding carboxylic acids is 1. The number of aryl methyl sites for hydroxylation is 1. The lowest BCUT2D eigenvalue weighted by Gasteiger charge is -2.42. The van der Waals surface area contributed by atoms with Crippen molar-refractivity contribution < 1.29 is 9.53 Å². The maximum atomic E-state index is 12.4. The van der Waals surface area contributed by atoms with Crippen LogP contribution in [-0.4, -0.2) is 46.7 Å². The smallest absolute Gasteiger partial charge is 0.228 e. The first kappa shape index (κ1) is 14.5. The summed E-state index contributed by atoms with van der Waals surface area (Å²) in [7, 11) is 0. The van der Waals surface area contributed by atoms with Crippen molar-refractivity contribution in [3.8, 4) is 11.4 Å². The quantitative estimate of drug-likeness (QED) is 0.874. The van der Waals surface area contributed by atoms with Gasteiger partial charge in [0, 0.05) is 37.2 Å². The zero-order valence-electron chi connectivity index (χ0n) is 13.3. The van der Waals surface area contributed by atoms with Crippen LogP contribution in [0, 0.1) is 12.8 Å². The summed E-state index contributed by atoms with van der Waals surface area (Å²) in [5, 5.41) is 0. The third-order valence-electron chi connectivity index (χ3n) is 4.83. The molecular formula is C18H21N3O2. The van der Waals surface area contributed by atoms with E-state index in [-0.39, 0.29) is 11.8 Å². The first-order valence-corrected chi connectivity index (χ1v) is 8.20. The molecule has 3 heterocycles. The fourth-order valence-corrected chi connectivity index (χ4v) is 3.49. The highest BCUT2D eigenvalue weighted by atomic mass is 16.5. The Hall–Kier alpha value is -2.14.